The van der Waals surface area contributed by atoms with Crippen LogP contribution in [-0.4, -0.2) is 37.2 Å². The van der Waals surface area contributed by atoms with Crippen LogP contribution >= 0.6 is 0 Å². The van der Waals surface area contributed by atoms with Crippen LogP contribution in [0.25, 0.3) is 0 Å². The average Bonchev–Trinajstić information content (AvgIpc) is 3.49. The van der Waals surface area contributed by atoms with Gasteiger partial charge in [-0.2, -0.15) is 0 Å². The largest absolute Gasteiger partial charge is 0.462 e. The Labute approximate surface area is 512 Å². The van der Waals surface area contributed by atoms with Crippen LogP contribution in [0.3, 0.4) is 0 Å². The molecule has 0 spiro atoms. The second-order valence-electron chi connectivity index (χ2n) is 22.3. The third-order valence-electron chi connectivity index (χ3n) is 14.3. The Bertz CT molecular complexity index is 1800. The third-order valence-corrected chi connectivity index (χ3v) is 14.3. The normalized spacial score (nSPS) is 13.0. The first-order valence-electron chi connectivity index (χ1n) is 34.3. The Morgan fingerprint density at radius 2 is 0.470 bits per heavy atom. The van der Waals surface area contributed by atoms with Gasteiger partial charge < -0.3 is 14.2 Å². The Morgan fingerprint density at radius 1 is 0.253 bits per heavy atom. The van der Waals surface area contributed by atoms with Gasteiger partial charge in [-0.05, 0) is 141 Å². The van der Waals surface area contributed by atoms with Crippen LogP contribution in [-0.2, 0) is 28.6 Å². The van der Waals surface area contributed by atoms with E-state index in [1.54, 1.807) is 0 Å². The number of unbranched alkanes of at least 4 members (excludes halogenated alkanes) is 26. The second kappa shape index (κ2) is 69.8. The van der Waals surface area contributed by atoms with E-state index < -0.39 is 6.10 Å². The van der Waals surface area contributed by atoms with E-state index in [-0.39, 0.29) is 31.1 Å². The molecule has 6 nitrogen and oxygen atoms in total. The molecule has 0 aliphatic carbocycles. The summed E-state index contributed by atoms with van der Waals surface area (Å²) in [6.45, 7) is 6.39. The third kappa shape index (κ3) is 68.0. The number of carbonyl (C=O) groups excluding carboxylic acids is 3. The van der Waals surface area contributed by atoms with Gasteiger partial charge in [-0.15, -0.1) is 0 Å². The molecule has 0 aromatic rings. The molecule has 83 heavy (non-hydrogen) atoms. The first-order valence-corrected chi connectivity index (χ1v) is 34.3. The van der Waals surface area contributed by atoms with Crippen molar-refractivity contribution in [3.63, 3.8) is 0 Å². The standard InChI is InChI=1S/C77H126O6/c1-4-7-10-13-16-19-22-25-27-29-31-33-34-35-36-37-38-39-40-41-42-44-45-47-49-52-55-58-61-64-67-70-76(79)82-73-74(72-81-75(78)69-66-63-60-57-54-51-24-21-18-15-12-9-6-3)83-77(80)71-68-65-62-59-56-53-50-48-46-43-32-30-28-26-23-20-17-14-11-8-5-2/h7-8,10-11,16-17,19-21,24-28,31-33,35-36,38-39,43,48,50,74H,4-6,9,12-15,18,22-23,29-30,34,37,40-42,44-47,49,51-73H2,1-3H3/b10-7-,11-8-,19-16-,20-17-,24-21-,27-25-,28-26-,33-31-,36-35-,39-38-,43-32-,50-48-. The molecule has 0 aromatic heterocycles. The molecular formula is C77H126O6. The minimum Gasteiger partial charge on any atom is -0.462 e. The molecule has 0 N–H and O–H groups in total. The van der Waals surface area contributed by atoms with E-state index in [0.717, 1.165) is 161 Å². The summed E-state index contributed by atoms with van der Waals surface area (Å²) >= 11 is 0. The Hall–Kier alpha value is -4.71. The average molecular weight is 1150 g/mol. The van der Waals surface area contributed by atoms with E-state index >= 15 is 0 Å². The Morgan fingerprint density at radius 3 is 0.747 bits per heavy atom. The van der Waals surface area contributed by atoms with Crippen molar-refractivity contribution in [2.24, 2.45) is 0 Å². The molecular weight excluding hydrogens is 1020 g/mol. The zero-order valence-corrected chi connectivity index (χ0v) is 53.9. The van der Waals surface area contributed by atoms with Crippen molar-refractivity contribution in [1.29, 1.82) is 0 Å². The summed E-state index contributed by atoms with van der Waals surface area (Å²) in [5, 5.41) is 0. The lowest BCUT2D eigenvalue weighted by molar-refractivity contribution is -0.167. The van der Waals surface area contributed by atoms with E-state index in [1.165, 1.54) is 103 Å². The molecule has 0 amide bonds. The van der Waals surface area contributed by atoms with Gasteiger partial charge >= 0.3 is 17.9 Å². The highest BCUT2D eigenvalue weighted by Crippen LogP contribution is 2.16. The fourth-order valence-corrected chi connectivity index (χ4v) is 9.23. The summed E-state index contributed by atoms with van der Waals surface area (Å²) in [5.74, 6) is -0.918. The fourth-order valence-electron chi connectivity index (χ4n) is 9.23. The zero-order chi connectivity index (χ0) is 59.9. The minimum absolute atomic E-state index is 0.0929. The second-order valence-corrected chi connectivity index (χ2v) is 22.3. The lowest BCUT2D eigenvalue weighted by Gasteiger charge is -2.18. The summed E-state index contributed by atoms with van der Waals surface area (Å²) < 4.78 is 16.9. The number of allylic oxidation sites excluding steroid dienone is 24. The molecule has 0 radical (unpaired) electrons. The molecule has 0 saturated heterocycles. The lowest BCUT2D eigenvalue weighted by Crippen LogP contribution is -2.30. The monoisotopic (exact) mass is 1150 g/mol. The van der Waals surface area contributed by atoms with Gasteiger partial charge in [-0.1, -0.05) is 289 Å². The van der Waals surface area contributed by atoms with E-state index in [0.29, 0.717) is 19.3 Å². The SMILES string of the molecule is CC/C=C\C/C=C\C/C=C\C/C=C\C/C=C\C/C=C\CCCCCCCCCCCCCCC(=O)OCC(COC(=O)CCCCCCC/C=C\CCCCCC)OC(=O)CCCCCCC/C=C\C/C=C\C/C=C\C/C=C\C/C=C\CC. The quantitative estimate of drug-likeness (QED) is 0.0261. The fraction of sp³-hybridized carbons (Fsp3) is 0.649. The maximum Gasteiger partial charge on any atom is 0.306 e. The first-order chi connectivity index (χ1) is 41.0. The van der Waals surface area contributed by atoms with Gasteiger partial charge in [0, 0.05) is 19.3 Å². The maximum atomic E-state index is 12.9. The van der Waals surface area contributed by atoms with Crippen LogP contribution in [0.5, 0.6) is 0 Å². The molecule has 0 aliphatic rings. The van der Waals surface area contributed by atoms with Gasteiger partial charge in [-0.3, -0.25) is 14.4 Å². The predicted octanol–water partition coefficient (Wildman–Crippen LogP) is 23.9. The highest BCUT2D eigenvalue weighted by atomic mass is 16.6. The molecule has 0 bridgehead atoms. The lowest BCUT2D eigenvalue weighted by atomic mass is 10.0. The molecule has 6 heteroatoms. The van der Waals surface area contributed by atoms with Crippen LogP contribution in [0, 0.1) is 0 Å². The van der Waals surface area contributed by atoms with Gasteiger partial charge in [-0.25, -0.2) is 0 Å². The highest BCUT2D eigenvalue weighted by molar-refractivity contribution is 5.71. The molecule has 0 saturated carbocycles. The topological polar surface area (TPSA) is 78.9 Å². The Kier molecular flexibility index (Phi) is 65.8. The van der Waals surface area contributed by atoms with E-state index in [2.05, 4.69) is 167 Å². The van der Waals surface area contributed by atoms with E-state index in [1.807, 2.05) is 0 Å². The van der Waals surface area contributed by atoms with Crippen molar-refractivity contribution in [2.75, 3.05) is 13.2 Å². The van der Waals surface area contributed by atoms with Gasteiger partial charge in [0.2, 0.25) is 0 Å². The Balaban J connectivity index is 4.32. The molecule has 470 valence electrons. The minimum atomic E-state index is -0.799. The van der Waals surface area contributed by atoms with Crippen LogP contribution < -0.4 is 0 Å². The number of esters is 3. The molecule has 0 aliphatic heterocycles. The van der Waals surface area contributed by atoms with Crippen molar-refractivity contribution in [2.45, 2.75) is 309 Å². The molecule has 0 rings (SSSR count). The van der Waals surface area contributed by atoms with Crippen LogP contribution in [0.4, 0.5) is 0 Å². The van der Waals surface area contributed by atoms with Crippen molar-refractivity contribution in [3.05, 3.63) is 146 Å². The predicted molar refractivity (Wildman–Crippen MR) is 362 cm³/mol. The van der Waals surface area contributed by atoms with Crippen molar-refractivity contribution in [1.82, 2.24) is 0 Å². The van der Waals surface area contributed by atoms with Crippen molar-refractivity contribution in [3.8, 4) is 0 Å². The summed E-state index contributed by atoms with van der Waals surface area (Å²) in [4.78, 5) is 38.4. The van der Waals surface area contributed by atoms with Crippen LogP contribution in [0.1, 0.15) is 303 Å². The smallest absolute Gasteiger partial charge is 0.306 e. The van der Waals surface area contributed by atoms with Gasteiger partial charge in [0.25, 0.3) is 0 Å². The number of ether oxygens (including phenoxy) is 3. The van der Waals surface area contributed by atoms with Gasteiger partial charge in [0.05, 0.1) is 0 Å². The van der Waals surface area contributed by atoms with Crippen LogP contribution in [0.15, 0.2) is 146 Å². The number of carbonyl (C=O) groups is 3. The van der Waals surface area contributed by atoms with Gasteiger partial charge in [0.15, 0.2) is 6.10 Å². The summed E-state index contributed by atoms with van der Waals surface area (Å²) in [6.07, 6.45) is 100. The summed E-state index contributed by atoms with van der Waals surface area (Å²) in [6, 6.07) is 0. The number of rotatable bonds is 61. The molecule has 1 atom stereocenters. The van der Waals surface area contributed by atoms with Crippen molar-refractivity contribution >= 4 is 17.9 Å². The first kappa shape index (κ1) is 78.3. The summed E-state index contributed by atoms with van der Waals surface area (Å²) in [7, 11) is 0. The molecule has 0 aromatic carbocycles. The zero-order valence-electron chi connectivity index (χ0n) is 53.9. The van der Waals surface area contributed by atoms with Gasteiger partial charge in [0.1, 0.15) is 13.2 Å². The highest BCUT2D eigenvalue weighted by Gasteiger charge is 2.19. The van der Waals surface area contributed by atoms with Crippen LogP contribution in [0.2, 0.25) is 0 Å². The summed E-state index contributed by atoms with van der Waals surface area (Å²) in [5.41, 5.74) is 0. The number of hydrogen-bond acceptors (Lipinski definition) is 6. The van der Waals surface area contributed by atoms with E-state index in [4.69, 9.17) is 14.2 Å². The van der Waals surface area contributed by atoms with E-state index in [9.17, 15) is 14.4 Å². The maximum absolute atomic E-state index is 12.9. The van der Waals surface area contributed by atoms with Crippen molar-refractivity contribution < 1.29 is 28.6 Å². The molecule has 1 unspecified atom stereocenters. The molecule has 0 fully saturated rings. The molecule has 0 heterocycles. The number of hydrogen-bond donors (Lipinski definition) is 0.